The van der Waals surface area contributed by atoms with Crippen LogP contribution in [0.4, 0.5) is 0 Å². The molecule has 0 unspecified atom stereocenters. The van der Waals surface area contributed by atoms with Crippen molar-refractivity contribution in [3.05, 3.63) is 0 Å². The van der Waals surface area contributed by atoms with E-state index in [4.69, 9.17) is 11.6 Å². The van der Waals surface area contributed by atoms with Crippen molar-refractivity contribution in [3.8, 4) is 0 Å². The zero-order valence-corrected chi connectivity index (χ0v) is 10.4. The second-order valence-corrected chi connectivity index (χ2v) is 6.23. The van der Waals surface area contributed by atoms with E-state index in [0.29, 0.717) is 18.8 Å². The van der Waals surface area contributed by atoms with Crippen molar-refractivity contribution in [2.75, 3.05) is 37.2 Å². The van der Waals surface area contributed by atoms with Crippen molar-refractivity contribution >= 4 is 33.4 Å². The average Bonchev–Trinajstić information content (AvgIpc) is 2.10. The van der Waals surface area contributed by atoms with Gasteiger partial charge in [0.2, 0.25) is 10.0 Å². The van der Waals surface area contributed by atoms with Crippen LogP contribution in [0.2, 0.25) is 0 Å². The van der Waals surface area contributed by atoms with Crippen molar-refractivity contribution < 1.29 is 8.42 Å². The van der Waals surface area contributed by atoms with E-state index >= 15 is 0 Å². The number of hydrogen-bond donors (Lipinski definition) is 0. The highest BCUT2D eigenvalue weighted by Gasteiger charge is 2.15. The number of sulfonamides is 1. The Hall–Kier alpha value is 0.550. The summed E-state index contributed by atoms with van der Waals surface area (Å²) in [6, 6.07) is 0. The standard InChI is InChI=1S/C7H16ClNO2S2/c1-9(5-6-12-2)13(10,11)7-3-4-8/h3-7H2,1-2H3. The van der Waals surface area contributed by atoms with E-state index in [-0.39, 0.29) is 5.75 Å². The van der Waals surface area contributed by atoms with E-state index in [2.05, 4.69) is 0 Å². The first kappa shape index (κ1) is 13.5. The molecule has 80 valence electrons. The summed E-state index contributed by atoms with van der Waals surface area (Å²) in [4.78, 5) is 0. The molecule has 0 aromatic carbocycles. The van der Waals surface area contributed by atoms with E-state index in [1.165, 1.54) is 4.31 Å². The van der Waals surface area contributed by atoms with Gasteiger partial charge in [0.25, 0.3) is 0 Å². The highest BCUT2D eigenvalue weighted by Crippen LogP contribution is 2.03. The Labute approximate surface area is 89.9 Å². The van der Waals surface area contributed by atoms with Gasteiger partial charge in [-0.2, -0.15) is 11.8 Å². The summed E-state index contributed by atoms with van der Waals surface area (Å²) < 4.78 is 24.3. The van der Waals surface area contributed by atoms with E-state index < -0.39 is 10.0 Å². The molecular weight excluding hydrogens is 230 g/mol. The smallest absolute Gasteiger partial charge is 0.212 e. The average molecular weight is 246 g/mol. The maximum absolute atomic E-state index is 11.5. The third-order valence-corrected chi connectivity index (χ3v) is 4.42. The predicted molar refractivity (Wildman–Crippen MR) is 60.1 cm³/mol. The van der Waals surface area contributed by atoms with Crippen LogP contribution in [0.15, 0.2) is 0 Å². The zero-order valence-electron chi connectivity index (χ0n) is 7.99. The Kier molecular flexibility index (Phi) is 7.22. The first-order valence-electron chi connectivity index (χ1n) is 4.03. The second-order valence-electron chi connectivity index (χ2n) is 2.67. The van der Waals surface area contributed by atoms with Gasteiger partial charge in [0.05, 0.1) is 5.75 Å². The SMILES string of the molecule is CSCCN(C)S(=O)(=O)CCCCl. The van der Waals surface area contributed by atoms with E-state index in [0.717, 1.165) is 5.75 Å². The molecule has 0 spiro atoms. The van der Waals surface area contributed by atoms with Crippen LogP contribution in [0.5, 0.6) is 0 Å². The molecule has 0 bridgehead atoms. The summed E-state index contributed by atoms with van der Waals surface area (Å²) in [6.07, 6.45) is 2.48. The first-order chi connectivity index (χ1) is 6.04. The molecular formula is C7H16ClNO2S2. The molecule has 0 aromatic rings. The molecule has 0 aliphatic rings. The second kappa shape index (κ2) is 6.92. The van der Waals surface area contributed by atoms with E-state index in [1.807, 2.05) is 6.26 Å². The van der Waals surface area contributed by atoms with Crippen molar-refractivity contribution in [3.63, 3.8) is 0 Å². The van der Waals surface area contributed by atoms with Crippen molar-refractivity contribution in [2.45, 2.75) is 6.42 Å². The number of hydrogen-bond acceptors (Lipinski definition) is 3. The Balaban J connectivity index is 3.96. The van der Waals surface area contributed by atoms with Crippen molar-refractivity contribution in [1.82, 2.24) is 4.31 Å². The molecule has 0 aliphatic heterocycles. The van der Waals surface area contributed by atoms with Crippen LogP contribution in [-0.4, -0.2) is 50.0 Å². The molecule has 6 heteroatoms. The lowest BCUT2D eigenvalue weighted by atomic mass is 10.6. The van der Waals surface area contributed by atoms with Crippen LogP contribution in [-0.2, 0) is 10.0 Å². The Bertz CT molecular complexity index is 219. The number of nitrogens with zero attached hydrogens (tertiary/aromatic N) is 1. The minimum atomic E-state index is -3.06. The molecule has 0 heterocycles. The maximum atomic E-state index is 11.5. The lowest BCUT2D eigenvalue weighted by Crippen LogP contribution is -2.31. The normalized spacial score (nSPS) is 12.3. The van der Waals surface area contributed by atoms with Crippen LogP contribution in [0, 0.1) is 0 Å². The third-order valence-electron chi connectivity index (χ3n) is 1.62. The minimum Gasteiger partial charge on any atom is -0.212 e. The molecule has 0 rings (SSSR count). The predicted octanol–water partition coefficient (Wildman–Crippen LogP) is 1.24. The monoisotopic (exact) mass is 245 g/mol. The van der Waals surface area contributed by atoms with Gasteiger partial charge in [-0.15, -0.1) is 11.6 Å². The molecule has 0 fully saturated rings. The summed E-state index contributed by atoms with van der Waals surface area (Å²) in [6.45, 7) is 0.575. The summed E-state index contributed by atoms with van der Waals surface area (Å²) in [5.74, 6) is 1.38. The molecule has 0 radical (unpaired) electrons. The first-order valence-corrected chi connectivity index (χ1v) is 7.57. The molecule has 0 atom stereocenters. The lowest BCUT2D eigenvalue weighted by Gasteiger charge is -2.15. The lowest BCUT2D eigenvalue weighted by molar-refractivity contribution is 0.488. The van der Waals surface area contributed by atoms with Gasteiger partial charge in [0, 0.05) is 25.2 Å². The molecule has 0 saturated carbocycles. The summed E-state index contributed by atoms with van der Waals surface area (Å²) in [5.41, 5.74) is 0. The molecule has 0 N–H and O–H groups in total. The van der Waals surface area contributed by atoms with Gasteiger partial charge >= 0.3 is 0 Å². The van der Waals surface area contributed by atoms with Crippen LogP contribution in [0.25, 0.3) is 0 Å². The van der Waals surface area contributed by atoms with Gasteiger partial charge in [0.1, 0.15) is 0 Å². The van der Waals surface area contributed by atoms with E-state index in [9.17, 15) is 8.42 Å². The molecule has 0 aliphatic carbocycles. The molecule has 0 saturated heterocycles. The van der Waals surface area contributed by atoms with Gasteiger partial charge in [-0.25, -0.2) is 12.7 Å². The topological polar surface area (TPSA) is 37.4 Å². The number of halogens is 1. The van der Waals surface area contributed by atoms with Crippen LogP contribution in [0.1, 0.15) is 6.42 Å². The van der Waals surface area contributed by atoms with Gasteiger partial charge in [-0.05, 0) is 12.7 Å². The summed E-state index contributed by atoms with van der Waals surface area (Å²) >= 11 is 7.07. The highest BCUT2D eigenvalue weighted by atomic mass is 35.5. The number of thioether (sulfide) groups is 1. The molecule has 0 amide bonds. The van der Waals surface area contributed by atoms with Gasteiger partial charge < -0.3 is 0 Å². The fraction of sp³-hybridized carbons (Fsp3) is 1.00. The fourth-order valence-electron chi connectivity index (χ4n) is 0.752. The van der Waals surface area contributed by atoms with E-state index in [1.54, 1.807) is 18.8 Å². The van der Waals surface area contributed by atoms with Gasteiger partial charge in [0.15, 0.2) is 0 Å². The van der Waals surface area contributed by atoms with Crippen molar-refractivity contribution in [1.29, 1.82) is 0 Å². The molecule has 3 nitrogen and oxygen atoms in total. The highest BCUT2D eigenvalue weighted by molar-refractivity contribution is 7.98. The van der Waals surface area contributed by atoms with Crippen LogP contribution >= 0.6 is 23.4 Å². The van der Waals surface area contributed by atoms with Crippen molar-refractivity contribution in [2.24, 2.45) is 0 Å². The van der Waals surface area contributed by atoms with Gasteiger partial charge in [-0.3, -0.25) is 0 Å². The number of alkyl halides is 1. The van der Waals surface area contributed by atoms with Gasteiger partial charge in [-0.1, -0.05) is 0 Å². The Morgan fingerprint density at radius 3 is 2.54 bits per heavy atom. The zero-order chi connectivity index (χ0) is 10.3. The fourth-order valence-corrected chi connectivity index (χ4v) is 2.81. The Morgan fingerprint density at radius 2 is 2.08 bits per heavy atom. The largest absolute Gasteiger partial charge is 0.213 e. The minimum absolute atomic E-state index is 0.154. The maximum Gasteiger partial charge on any atom is 0.213 e. The molecule has 13 heavy (non-hydrogen) atoms. The van der Waals surface area contributed by atoms with Crippen LogP contribution < -0.4 is 0 Å². The molecule has 0 aromatic heterocycles. The number of rotatable bonds is 7. The summed E-state index contributed by atoms with van der Waals surface area (Å²) in [7, 11) is -1.45. The summed E-state index contributed by atoms with van der Waals surface area (Å²) in [5, 5.41) is 0. The quantitative estimate of drug-likeness (QED) is 0.634. The van der Waals surface area contributed by atoms with Crippen LogP contribution in [0.3, 0.4) is 0 Å². The Morgan fingerprint density at radius 1 is 1.46 bits per heavy atom. The third kappa shape index (κ3) is 5.78.